The summed E-state index contributed by atoms with van der Waals surface area (Å²) in [4.78, 5) is 4.51. The number of ether oxygens (including phenoxy) is 1. The lowest BCUT2D eigenvalue weighted by molar-refractivity contribution is 0.0190. The molecule has 0 aromatic carbocycles. The molecule has 0 aliphatic heterocycles. The van der Waals surface area contributed by atoms with E-state index < -0.39 is 0 Å². The highest BCUT2D eigenvalue weighted by Gasteiger charge is 2.37. The summed E-state index contributed by atoms with van der Waals surface area (Å²) in [6.07, 6.45) is 6.91. The minimum absolute atomic E-state index is 0.331. The summed E-state index contributed by atoms with van der Waals surface area (Å²) in [5, 5.41) is 3.66. The van der Waals surface area contributed by atoms with Crippen molar-refractivity contribution in [2.24, 2.45) is 5.92 Å². The number of nitrogens with one attached hydrogen (secondary N) is 1. The maximum atomic E-state index is 6.02. The predicted molar refractivity (Wildman–Crippen MR) is 85.9 cm³/mol. The average molecular weight is 341 g/mol. The lowest BCUT2D eigenvalue weighted by atomic mass is 10.0. The lowest BCUT2D eigenvalue weighted by Gasteiger charge is -2.28. The molecule has 1 aromatic rings. The molecule has 2 rings (SSSR count). The highest BCUT2D eigenvalue weighted by Crippen LogP contribution is 2.36. The summed E-state index contributed by atoms with van der Waals surface area (Å²) in [6.45, 7) is 6.12. The molecule has 2 atom stereocenters. The topological polar surface area (TPSA) is 34.2 Å². The Labute approximate surface area is 130 Å². The van der Waals surface area contributed by atoms with E-state index in [1.807, 2.05) is 6.20 Å². The molecule has 112 valence electrons. The molecule has 2 unspecified atom stereocenters. The van der Waals surface area contributed by atoms with Crippen LogP contribution < -0.4 is 5.32 Å². The van der Waals surface area contributed by atoms with Crippen LogP contribution in [-0.4, -0.2) is 30.3 Å². The molecule has 1 N–H and O–H groups in total. The van der Waals surface area contributed by atoms with Gasteiger partial charge >= 0.3 is 0 Å². The highest BCUT2D eigenvalue weighted by molar-refractivity contribution is 9.10. The third-order valence-electron chi connectivity index (χ3n) is 3.72. The van der Waals surface area contributed by atoms with Gasteiger partial charge in [-0.3, -0.25) is 4.98 Å². The van der Waals surface area contributed by atoms with Crippen LogP contribution in [0.2, 0.25) is 0 Å². The second-order valence-electron chi connectivity index (χ2n) is 5.49. The van der Waals surface area contributed by atoms with Crippen LogP contribution in [0.25, 0.3) is 0 Å². The summed E-state index contributed by atoms with van der Waals surface area (Å²) in [6, 6.07) is 4.53. The van der Waals surface area contributed by atoms with Gasteiger partial charge in [0.25, 0.3) is 0 Å². The van der Waals surface area contributed by atoms with Crippen molar-refractivity contribution < 1.29 is 4.74 Å². The van der Waals surface area contributed by atoms with E-state index in [1.54, 1.807) is 0 Å². The molecule has 0 radical (unpaired) electrons. The van der Waals surface area contributed by atoms with Gasteiger partial charge in [-0.25, -0.2) is 0 Å². The molecular formula is C16H25BrN2O. The standard InChI is InChI=1S/C16H25BrN2O/c1-3-9-18-15(16(20-4-2)12-5-6-12)10-14-8-7-13(17)11-19-14/h7-8,11-12,15-16,18H,3-6,9-10H2,1-2H3. The number of pyridine rings is 1. The Morgan fingerprint density at radius 2 is 2.20 bits per heavy atom. The number of halogens is 1. The summed E-state index contributed by atoms with van der Waals surface area (Å²) in [5.41, 5.74) is 1.13. The van der Waals surface area contributed by atoms with Crippen molar-refractivity contribution >= 4 is 15.9 Å². The SMILES string of the molecule is CCCNC(Cc1ccc(Br)cn1)C(OCC)C1CC1. The second kappa shape index (κ2) is 8.11. The maximum absolute atomic E-state index is 6.02. The number of nitrogens with zero attached hydrogens (tertiary/aromatic N) is 1. The van der Waals surface area contributed by atoms with Crippen molar-refractivity contribution in [3.8, 4) is 0 Å². The van der Waals surface area contributed by atoms with Gasteiger partial charge in [0, 0.05) is 35.4 Å². The molecule has 1 aliphatic rings. The molecule has 1 aromatic heterocycles. The quantitative estimate of drug-likeness (QED) is 0.746. The van der Waals surface area contributed by atoms with Crippen LogP contribution in [-0.2, 0) is 11.2 Å². The summed E-state index contributed by atoms with van der Waals surface area (Å²) < 4.78 is 7.05. The van der Waals surface area contributed by atoms with Gasteiger partial charge in [-0.15, -0.1) is 0 Å². The van der Waals surface area contributed by atoms with Crippen molar-refractivity contribution in [3.05, 3.63) is 28.5 Å². The first-order valence-corrected chi connectivity index (χ1v) is 8.49. The first-order chi connectivity index (χ1) is 9.74. The van der Waals surface area contributed by atoms with Crippen molar-refractivity contribution in [1.29, 1.82) is 0 Å². The third kappa shape index (κ3) is 4.83. The fourth-order valence-corrected chi connectivity index (χ4v) is 2.82. The third-order valence-corrected chi connectivity index (χ3v) is 4.19. The lowest BCUT2D eigenvalue weighted by Crippen LogP contribution is -2.44. The van der Waals surface area contributed by atoms with E-state index in [2.05, 4.69) is 52.2 Å². The first kappa shape index (κ1) is 15.9. The van der Waals surface area contributed by atoms with Crippen LogP contribution in [0.5, 0.6) is 0 Å². The molecule has 1 heterocycles. The fourth-order valence-electron chi connectivity index (χ4n) is 2.58. The van der Waals surface area contributed by atoms with Crippen LogP contribution in [0.4, 0.5) is 0 Å². The monoisotopic (exact) mass is 340 g/mol. The molecule has 1 fully saturated rings. The Kier molecular flexibility index (Phi) is 6.46. The summed E-state index contributed by atoms with van der Waals surface area (Å²) in [5.74, 6) is 0.736. The highest BCUT2D eigenvalue weighted by atomic mass is 79.9. The van der Waals surface area contributed by atoms with Crippen molar-refractivity contribution in [2.45, 2.75) is 51.7 Å². The van der Waals surface area contributed by atoms with Gasteiger partial charge in [0.05, 0.1) is 6.10 Å². The van der Waals surface area contributed by atoms with E-state index in [0.29, 0.717) is 12.1 Å². The molecule has 3 nitrogen and oxygen atoms in total. The Balaban J connectivity index is 2.02. The molecule has 0 saturated heterocycles. The van der Waals surface area contributed by atoms with Gasteiger partial charge in [0.2, 0.25) is 0 Å². The van der Waals surface area contributed by atoms with Gasteiger partial charge in [-0.1, -0.05) is 6.92 Å². The van der Waals surface area contributed by atoms with E-state index in [9.17, 15) is 0 Å². The minimum Gasteiger partial charge on any atom is -0.377 e. The van der Waals surface area contributed by atoms with E-state index in [0.717, 1.165) is 42.1 Å². The van der Waals surface area contributed by atoms with Gasteiger partial charge in [-0.05, 0) is 66.7 Å². The first-order valence-electron chi connectivity index (χ1n) is 7.70. The van der Waals surface area contributed by atoms with Crippen LogP contribution in [0.15, 0.2) is 22.8 Å². The summed E-state index contributed by atoms with van der Waals surface area (Å²) in [7, 11) is 0. The van der Waals surface area contributed by atoms with E-state index in [-0.39, 0.29) is 0 Å². The van der Waals surface area contributed by atoms with Crippen molar-refractivity contribution in [3.63, 3.8) is 0 Å². The average Bonchev–Trinajstić information content (AvgIpc) is 3.28. The van der Waals surface area contributed by atoms with E-state index in [1.165, 1.54) is 12.8 Å². The normalized spacial score (nSPS) is 17.9. The van der Waals surface area contributed by atoms with Crippen LogP contribution in [0.1, 0.15) is 38.8 Å². The van der Waals surface area contributed by atoms with Crippen molar-refractivity contribution in [2.75, 3.05) is 13.2 Å². The molecular weight excluding hydrogens is 316 g/mol. The molecule has 4 heteroatoms. The van der Waals surface area contributed by atoms with Crippen LogP contribution >= 0.6 is 15.9 Å². The van der Waals surface area contributed by atoms with E-state index in [4.69, 9.17) is 4.74 Å². The van der Waals surface area contributed by atoms with Crippen LogP contribution in [0, 0.1) is 5.92 Å². The Bertz CT molecular complexity index is 392. The Morgan fingerprint density at radius 3 is 2.75 bits per heavy atom. The van der Waals surface area contributed by atoms with Crippen LogP contribution in [0.3, 0.4) is 0 Å². The largest absolute Gasteiger partial charge is 0.377 e. The summed E-state index contributed by atoms with van der Waals surface area (Å²) >= 11 is 3.44. The molecule has 0 amide bonds. The molecule has 0 spiro atoms. The molecule has 1 aliphatic carbocycles. The zero-order chi connectivity index (χ0) is 14.4. The zero-order valence-electron chi connectivity index (χ0n) is 12.4. The fraction of sp³-hybridized carbons (Fsp3) is 0.688. The van der Waals surface area contributed by atoms with Gasteiger partial charge in [-0.2, -0.15) is 0 Å². The van der Waals surface area contributed by atoms with Gasteiger partial charge < -0.3 is 10.1 Å². The van der Waals surface area contributed by atoms with Gasteiger partial charge in [0.1, 0.15) is 0 Å². The number of rotatable bonds is 9. The number of hydrogen-bond acceptors (Lipinski definition) is 3. The Morgan fingerprint density at radius 1 is 1.40 bits per heavy atom. The van der Waals surface area contributed by atoms with E-state index >= 15 is 0 Å². The minimum atomic E-state index is 0.331. The maximum Gasteiger partial charge on any atom is 0.0759 e. The zero-order valence-corrected chi connectivity index (χ0v) is 14.0. The predicted octanol–water partition coefficient (Wildman–Crippen LogP) is 3.57. The molecule has 1 saturated carbocycles. The van der Waals surface area contributed by atoms with Gasteiger partial charge in [0.15, 0.2) is 0 Å². The smallest absolute Gasteiger partial charge is 0.0759 e. The molecule has 20 heavy (non-hydrogen) atoms. The second-order valence-corrected chi connectivity index (χ2v) is 6.41. The number of hydrogen-bond donors (Lipinski definition) is 1. The Hall–Kier alpha value is -0.450. The number of aromatic nitrogens is 1. The molecule has 0 bridgehead atoms. The van der Waals surface area contributed by atoms with Crippen molar-refractivity contribution in [1.82, 2.24) is 10.3 Å².